The number of nitrogens with zero attached hydrogens (tertiary/aromatic N) is 1. The van der Waals surface area contributed by atoms with Gasteiger partial charge in [0.2, 0.25) is 0 Å². The van der Waals surface area contributed by atoms with Crippen LogP contribution in [0.1, 0.15) is 19.4 Å². The first-order valence-electron chi connectivity index (χ1n) is 5.99. The average molecular weight is 237 g/mol. The number of rotatable bonds is 6. The van der Waals surface area contributed by atoms with E-state index in [0.29, 0.717) is 6.04 Å². The van der Waals surface area contributed by atoms with Gasteiger partial charge in [0.25, 0.3) is 0 Å². The van der Waals surface area contributed by atoms with Crippen LogP contribution in [0.3, 0.4) is 0 Å². The Morgan fingerprint density at radius 1 is 1.18 bits per heavy atom. The maximum Gasteiger partial charge on any atom is 0.122 e. The molecule has 0 fully saturated rings. The number of methoxy groups -OCH3 is 2. The third-order valence-corrected chi connectivity index (χ3v) is 3.10. The number of likely N-dealkylation sites (N-methyl/N-ethyl adjacent to an activating group) is 1. The molecule has 0 saturated heterocycles. The van der Waals surface area contributed by atoms with Crippen LogP contribution in [0.4, 0.5) is 0 Å². The highest BCUT2D eigenvalue weighted by atomic mass is 16.5. The molecule has 0 amide bonds. The fourth-order valence-electron chi connectivity index (χ4n) is 1.63. The van der Waals surface area contributed by atoms with E-state index in [0.717, 1.165) is 24.5 Å². The normalized spacial score (nSPS) is 11.0. The molecule has 0 aliphatic rings. The van der Waals surface area contributed by atoms with Crippen molar-refractivity contribution in [1.29, 1.82) is 0 Å². The lowest BCUT2D eigenvalue weighted by atomic mass is 10.1. The van der Waals surface area contributed by atoms with Crippen molar-refractivity contribution in [1.82, 2.24) is 4.90 Å². The van der Waals surface area contributed by atoms with Crippen LogP contribution in [0.25, 0.3) is 0 Å². The lowest BCUT2D eigenvalue weighted by Crippen LogP contribution is -2.28. The van der Waals surface area contributed by atoms with Crippen LogP contribution in [-0.2, 0) is 6.42 Å². The van der Waals surface area contributed by atoms with Gasteiger partial charge >= 0.3 is 0 Å². The van der Waals surface area contributed by atoms with E-state index in [2.05, 4.69) is 25.8 Å². The van der Waals surface area contributed by atoms with Crippen molar-refractivity contribution >= 4 is 0 Å². The smallest absolute Gasteiger partial charge is 0.122 e. The Bertz CT molecular complexity index is 350. The fourth-order valence-corrected chi connectivity index (χ4v) is 1.63. The zero-order chi connectivity index (χ0) is 12.8. The summed E-state index contributed by atoms with van der Waals surface area (Å²) in [5.74, 6) is 1.82. The minimum Gasteiger partial charge on any atom is -0.497 e. The van der Waals surface area contributed by atoms with E-state index in [1.807, 2.05) is 18.2 Å². The quantitative estimate of drug-likeness (QED) is 0.759. The predicted octanol–water partition coefficient (Wildman–Crippen LogP) is 2.59. The second-order valence-corrected chi connectivity index (χ2v) is 4.50. The van der Waals surface area contributed by atoms with Gasteiger partial charge in [0, 0.05) is 12.6 Å². The third-order valence-electron chi connectivity index (χ3n) is 3.10. The summed E-state index contributed by atoms with van der Waals surface area (Å²) in [6, 6.07) is 6.50. The van der Waals surface area contributed by atoms with Crippen LogP contribution in [0.5, 0.6) is 11.5 Å². The Balaban J connectivity index is 2.74. The van der Waals surface area contributed by atoms with Gasteiger partial charge in [-0.3, -0.25) is 0 Å². The first-order valence-corrected chi connectivity index (χ1v) is 5.99. The first-order chi connectivity index (χ1) is 8.08. The highest BCUT2D eigenvalue weighted by Crippen LogP contribution is 2.24. The van der Waals surface area contributed by atoms with E-state index in [4.69, 9.17) is 9.47 Å². The van der Waals surface area contributed by atoms with E-state index < -0.39 is 0 Å². The third kappa shape index (κ3) is 3.93. The molecular formula is C14H23NO2. The summed E-state index contributed by atoms with van der Waals surface area (Å²) in [5, 5.41) is 0. The minimum absolute atomic E-state index is 0.562. The molecule has 1 rings (SSSR count). The van der Waals surface area contributed by atoms with Crippen molar-refractivity contribution in [3.63, 3.8) is 0 Å². The molecule has 0 aliphatic heterocycles. The van der Waals surface area contributed by atoms with Crippen molar-refractivity contribution < 1.29 is 9.47 Å². The Labute approximate surface area is 104 Å². The van der Waals surface area contributed by atoms with Gasteiger partial charge < -0.3 is 14.4 Å². The average Bonchev–Trinajstić information content (AvgIpc) is 2.35. The van der Waals surface area contributed by atoms with Crippen molar-refractivity contribution in [2.45, 2.75) is 26.3 Å². The second-order valence-electron chi connectivity index (χ2n) is 4.50. The van der Waals surface area contributed by atoms with Gasteiger partial charge in [-0.05, 0) is 51.1 Å². The molecule has 3 nitrogen and oxygen atoms in total. The van der Waals surface area contributed by atoms with Crippen molar-refractivity contribution in [2.24, 2.45) is 0 Å². The Hall–Kier alpha value is -1.22. The van der Waals surface area contributed by atoms with E-state index in [1.54, 1.807) is 14.2 Å². The molecule has 0 radical (unpaired) electrons. The van der Waals surface area contributed by atoms with Crippen LogP contribution in [0, 0.1) is 0 Å². The zero-order valence-corrected chi connectivity index (χ0v) is 11.5. The Morgan fingerprint density at radius 2 is 1.88 bits per heavy atom. The standard InChI is InChI=1S/C14H23NO2/c1-11(2)15(3)9-8-12-10-13(16-4)6-7-14(12)17-5/h6-7,10-11H,8-9H2,1-5H3. The fraction of sp³-hybridized carbons (Fsp3) is 0.571. The zero-order valence-electron chi connectivity index (χ0n) is 11.5. The van der Waals surface area contributed by atoms with Crippen LogP contribution < -0.4 is 9.47 Å². The number of hydrogen-bond donors (Lipinski definition) is 0. The SMILES string of the molecule is COc1ccc(OC)c(CCN(C)C(C)C)c1. The summed E-state index contributed by atoms with van der Waals surface area (Å²) in [5.41, 5.74) is 1.19. The van der Waals surface area contributed by atoms with E-state index in [-0.39, 0.29) is 0 Å². The van der Waals surface area contributed by atoms with Crippen LogP contribution >= 0.6 is 0 Å². The van der Waals surface area contributed by atoms with Crippen LogP contribution in [-0.4, -0.2) is 38.8 Å². The summed E-state index contributed by atoms with van der Waals surface area (Å²) in [7, 11) is 5.53. The van der Waals surface area contributed by atoms with Crippen molar-refractivity contribution in [3.8, 4) is 11.5 Å². The molecule has 0 spiro atoms. The summed E-state index contributed by atoms with van der Waals surface area (Å²) in [6.45, 7) is 5.41. The lowest BCUT2D eigenvalue weighted by molar-refractivity contribution is 0.276. The monoisotopic (exact) mass is 237 g/mol. The molecule has 0 aromatic heterocycles. The summed E-state index contributed by atoms with van der Waals surface area (Å²) >= 11 is 0. The maximum atomic E-state index is 5.36. The molecule has 0 aliphatic carbocycles. The first kappa shape index (κ1) is 13.8. The number of benzene rings is 1. The van der Waals surface area contributed by atoms with Gasteiger partial charge in [0.15, 0.2) is 0 Å². The van der Waals surface area contributed by atoms with Gasteiger partial charge in [0.1, 0.15) is 11.5 Å². The number of ether oxygens (including phenoxy) is 2. The largest absolute Gasteiger partial charge is 0.497 e. The molecule has 0 saturated carbocycles. The van der Waals surface area contributed by atoms with E-state index in [9.17, 15) is 0 Å². The highest BCUT2D eigenvalue weighted by molar-refractivity contribution is 5.40. The lowest BCUT2D eigenvalue weighted by Gasteiger charge is -2.21. The van der Waals surface area contributed by atoms with E-state index in [1.165, 1.54) is 5.56 Å². The molecule has 0 bridgehead atoms. The molecule has 1 aromatic carbocycles. The molecule has 17 heavy (non-hydrogen) atoms. The molecule has 0 heterocycles. The van der Waals surface area contributed by atoms with Gasteiger partial charge in [-0.25, -0.2) is 0 Å². The highest BCUT2D eigenvalue weighted by Gasteiger charge is 2.08. The number of hydrogen-bond acceptors (Lipinski definition) is 3. The molecular weight excluding hydrogens is 214 g/mol. The van der Waals surface area contributed by atoms with E-state index >= 15 is 0 Å². The second kappa shape index (κ2) is 6.50. The predicted molar refractivity (Wildman–Crippen MR) is 71.0 cm³/mol. The molecule has 96 valence electrons. The minimum atomic E-state index is 0.562. The van der Waals surface area contributed by atoms with Crippen molar-refractivity contribution in [2.75, 3.05) is 27.8 Å². The molecule has 3 heteroatoms. The maximum absolute atomic E-state index is 5.36. The Morgan fingerprint density at radius 3 is 2.41 bits per heavy atom. The molecule has 0 unspecified atom stereocenters. The van der Waals surface area contributed by atoms with Gasteiger partial charge in [-0.2, -0.15) is 0 Å². The van der Waals surface area contributed by atoms with Gasteiger partial charge in [-0.15, -0.1) is 0 Å². The van der Waals surface area contributed by atoms with Crippen molar-refractivity contribution in [3.05, 3.63) is 23.8 Å². The molecule has 0 atom stereocenters. The molecule has 1 aromatic rings. The summed E-state index contributed by atoms with van der Waals surface area (Å²) in [6.07, 6.45) is 0.967. The summed E-state index contributed by atoms with van der Waals surface area (Å²) < 4.78 is 10.6. The van der Waals surface area contributed by atoms with Gasteiger partial charge in [0.05, 0.1) is 14.2 Å². The summed E-state index contributed by atoms with van der Waals surface area (Å²) in [4.78, 5) is 2.32. The molecule has 0 N–H and O–H groups in total. The Kier molecular flexibility index (Phi) is 5.29. The van der Waals surface area contributed by atoms with Crippen LogP contribution in [0.15, 0.2) is 18.2 Å². The van der Waals surface area contributed by atoms with Gasteiger partial charge in [-0.1, -0.05) is 0 Å². The topological polar surface area (TPSA) is 21.7 Å². The van der Waals surface area contributed by atoms with Crippen LogP contribution in [0.2, 0.25) is 0 Å².